The second-order valence-electron chi connectivity index (χ2n) is 5.44. The molecule has 0 bridgehead atoms. The summed E-state index contributed by atoms with van der Waals surface area (Å²) in [5, 5.41) is 5.03. The van der Waals surface area contributed by atoms with Gasteiger partial charge in [0.15, 0.2) is 0 Å². The Bertz CT molecular complexity index is 625. The first-order chi connectivity index (χ1) is 9.50. The minimum Gasteiger partial charge on any atom is -0.352 e. The number of halogens is 1. The zero-order valence-electron chi connectivity index (χ0n) is 12.0. The zero-order chi connectivity index (χ0) is 14.7. The Morgan fingerprint density at radius 2 is 1.90 bits per heavy atom. The second kappa shape index (κ2) is 6.23. The summed E-state index contributed by atoms with van der Waals surface area (Å²) >= 11 is 6.06. The van der Waals surface area contributed by atoms with E-state index in [2.05, 4.69) is 31.1 Å². The minimum absolute atomic E-state index is 0.0992. The van der Waals surface area contributed by atoms with Crippen molar-refractivity contribution in [1.82, 2.24) is 10.3 Å². The number of nitrogens with zero attached hydrogens (tertiary/aromatic N) is 1. The molecule has 2 rings (SSSR count). The summed E-state index contributed by atoms with van der Waals surface area (Å²) in [7, 11) is 0. The quantitative estimate of drug-likeness (QED) is 0.868. The molecule has 3 nitrogen and oxygen atoms in total. The second-order valence-corrected chi connectivity index (χ2v) is 5.80. The molecule has 1 aromatic carbocycles. The number of hydrogen-bond donors (Lipinski definition) is 1. The monoisotopic (exact) mass is 290 g/mol. The molecule has 1 aromatic heterocycles. The van der Waals surface area contributed by atoms with Gasteiger partial charge in [0, 0.05) is 18.1 Å². The Morgan fingerprint density at radius 1 is 1.25 bits per heavy atom. The van der Waals surface area contributed by atoms with Crippen molar-refractivity contribution in [2.24, 2.45) is 11.8 Å². The van der Waals surface area contributed by atoms with E-state index in [0.717, 1.165) is 10.8 Å². The molecule has 1 N–H and O–H groups in total. The largest absolute Gasteiger partial charge is 0.352 e. The Morgan fingerprint density at radius 3 is 2.55 bits per heavy atom. The molecule has 2 aromatic rings. The summed E-state index contributed by atoms with van der Waals surface area (Å²) < 4.78 is 0. The number of aromatic nitrogens is 1. The minimum atomic E-state index is -0.0992. The Balaban J connectivity index is 2.25. The van der Waals surface area contributed by atoms with E-state index >= 15 is 0 Å². The molecule has 0 fully saturated rings. The van der Waals surface area contributed by atoms with Gasteiger partial charge in [0.2, 0.25) is 0 Å². The number of pyridine rings is 1. The predicted molar refractivity (Wildman–Crippen MR) is 83.1 cm³/mol. The van der Waals surface area contributed by atoms with E-state index in [4.69, 9.17) is 11.6 Å². The lowest BCUT2D eigenvalue weighted by molar-refractivity contribution is 0.0946. The van der Waals surface area contributed by atoms with E-state index in [1.54, 1.807) is 6.20 Å². The number of nitrogens with one attached hydrogen (secondary N) is 1. The van der Waals surface area contributed by atoms with Gasteiger partial charge in [0.1, 0.15) is 5.15 Å². The third kappa shape index (κ3) is 3.10. The van der Waals surface area contributed by atoms with Gasteiger partial charge in [-0.05, 0) is 17.2 Å². The predicted octanol–water partition coefficient (Wildman–Crippen LogP) is 3.91. The average molecular weight is 291 g/mol. The molecule has 1 amide bonds. The maximum absolute atomic E-state index is 12.3. The van der Waals surface area contributed by atoms with Gasteiger partial charge in [0.25, 0.3) is 5.91 Å². The fourth-order valence-corrected chi connectivity index (χ4v) is 2.14. The molecule has 0 aliphatic rings. The lowest BCUT2D eigenvalue weighted by atomic mass is 9.98. The van der Waals surface area contributed by atoms with Crippen LogP contribution < -0.4 is 5.32 Å². The molecule has 1 atom stereocenters. The van der Waals surface area contributed by atoms with E-state index < -0.39 is 0 Å². The average Bonchev–Trinajstić information content (AvgIpc) is 2.45. The van der Waals surface area contributed by atoms with Crippen LogP contribution >= 0.6 is 11.6 Å². The van der Waals surface area contributed by atoms with Crippen LogP contribution in [-0.4, -0.2) is 17.4 Å². The van der Waals surface area contributed by atoms with Gasteiger partial charge in [-0.1, -0.05) is 56.6 Å². The lowest BCUT2D eigenvalue weighted by Crippen LogP contribution is -2.30. The Labute approximate surface area is 124 Å². The fourth-order valence-electron chi connectivity index (χ4n) is 1.92. The van der Waals surface area contributed by atoms with E-state index in [1.807, 2.05) is 24.3 Å². The highest BCUT2D eigenvalue weighted by Crippen LogP contribution is 2.24. The van der Waals surface area contributed by atoms with Crippen LogP contribution in [0.25, 0.3) is 10.8 Å². The van der Waals surface area contributed by atoms with Gasteiger partial charge in [-0.2, -0.15) is 0 Å². The number of amides is 1. The molecule has 4 heteroatoms. The number of benzene rings is 1. The number of fused-ring (bicyclic) bond motifs is 1. The zero-order valence-corrected chi connectivity index (χ0v) is 12.7. The van der Waals surface area contributed by atoms with Gasteiger partial charge in [0.05, 0.1) is 5.56 Å². The third-order valence-electron chi connectivity index (χ3n) is 3.71. The fraction of sp³-hybridized carbons (Fsp3) is 0.375. The molecule has 106 valence electrons. The molecule has 0 saturated heterocycles. The summed E-state index contributed by atoms with van der Waals surface area (Å²) in [6.07, 6.45) is 1.54. The van der Waals surface area contributed by atoms with E-state index in [0.29, 0.717) is 29.1 Å². The number of rotatable bonds is 4. The molecule has 20 heavy (non-hydrogen) atoms. The maximum Gasteiger partial charge on any atom is 0.253 e. The highest BCUT2D eigenvalue weighted by atomic mass is 35.5. The first-order valence-corrected chi connectivity index (χ1v) is 7.20. The summed E-state index contributed by atoms with van der Waals surface area (Å²) in [5.41, 5.74) is 0.570. The van der Waals surface area contributed by atoms with Crippen LogP contribution in [0.4, 0.5) is 0 Å². The van der Waals surface area contributed by atoms with Crippen LogP contribution in [0.1, 0.15) is 31.1 Å². The van der Waals surface area contributed by atoms with Crippen LogP contribution in [-0.2, 0) is 0 Å². The Kier molecular flexibility index (Phi) is 4.61. The van der Waals surface area contributed by atoms with Crippen molar-refractivity contribution in [3.8, 4) is 0 Å². The summed E-state index contributed by atoms with van der Waals surface area (Å²) in [6, 6.07) is 7.55. The molecule has 0 radical (unpaired) electrons. The summed E-state index contributed by atoms with van der Waals surface area (Å²) in [6.45, 7) is 7.09. The Hall–Kier alpha value is -1.61. The van der Waals surface area contributed by atoms with Crippen molar-refractivity contribution in [3.05, 3.63) is 41.2 Å². The molecule has 0 aliphatic carbocycles. The molecule has 0 saturated carbocycles. The molecular formula is C16H19ClN2O. The number of hydrogen-bond acceptors (Lipinski definition) is 2. The molecular weight excluding hydrogens is 272 g/mol. The van der Waals surface area contributed by atoms with Crippen molar-refractivity contribution in [3.63, 3.8) is 0 Å². The summed E-state index contributed by atoms with van der Waals surface area (Å²) in [4.78, 5) is 16.4. The molecule has 1 unspecified atom stereocenters. The third-order valence-corrected chi connectivity index (χ3v) is 4.01. The first-order valence-electron chi connectivity index (χ1n) is 6.82. The van der Waals surface area contributed by atoms with E-state index in [1.165, 1.54) is 0 Å². The van der Waals surface area contributed by atoms with Crippen molar-refractivity contribution < 1.29 is 4.79 Å². The highest BCUT2D eigenvalue weighted by Gasteiger charge is 2.14. The van der Waals surface area contributed by atoms with Crippen LogP contribution in [0.2, 0.25) is 5.15 Å². The van der Waals surface area contributed by atoms with Crippen molar-refractivity contribution in [2.45, 2.75) is 20.8 Å². The van der Waals surface area contributed by atoms with Gasteiger partial charge >= 0.3 is 0 Å². The van der Waals surface area contributed by atoms with Gasteiger partial charge in [-0.25, -0.2) is 4.98 Å². The van der Waals surface area contributed by atoms with E-state index in [-0.39, 0.29) is 5.91 Å². The lowest BCUT2D eigenvalue weighted by Gasteiger charge is -2.16. The van der Waals surface area contributed by atoms with Gasteiger partial charge < -0.3 is 5.32 Å². The normalized spacial score (nSPS) is 12.7. The smallest absolute Gasteiger partial charge is 0.253 e. The van der Waals surface area contributed by atoms with E-state index in [9.17, 15) is 4.79 Å². The van der Waals surface area contributed by atoms with Crippen LogP contribution in [0.3, 0.4) is 0 Å². The molecule has 0 aliphatic heterocycles. The van der Waals surface area contributed by atoms with Gasteiger partial charge in [-0.3, -0.25) is 4.79 Å². The van der Waals surface area contributed by atoms with Crippen LogP contribution in [0.15, 0.2) is 30.5 Å². The van der Waals surface area contributed by atoms with Crippen molar-refractivity contribution in [1.29, 1.82) is 0 Å². The first kappa shape index (κ1) is 14.8. The number of carbonyl (C=O) groups excluding carboxylic acids is 1. The van der Waals surface area contributed by atoms with Crippen LogP contribution in [0.5, 0.6) is 0 Å². The standard InChI is InChI=1S/C16H19ClN2O/c1-10(2)11(3)8-19-16(20)14-9-18-15(17)13-7-5-4-6-12(13)14/h4-7,9-11H,8H2,1-3H3,(H,19,20). The molecule has 0 spiro atoms. The van der Waals surface area contributed by atoms with Gasteiger partial charge in [-0.15, -0.1) is 0 Å². The van der Waals surface area contributed by atoms with Crippen molar-refractivity contribution in [2.75, 3.05) is 6.54 Å². The number of carbonyl (C=O) groups is 1. The summed E-state index contributed by atoms with van der Waals surface area (Å²) in [5.74, 6) is 0.874. The van der Waals surface area contributed by atoms with Crippen molar-refractivity contribution >= 4 is 28.3 Å². The van der Waals surface area contributed by atoms with Crippen LogP contribution in [0, 0.1) is 11.8 Å². The maximum atomic E-state index is 12.3. The highest BCUT2D eigenvalue weighted by molar-refractivity contribution is 6.34. The SMILES string of the molecule is CC(C)C(C)CNC(=O)c1cnc(Cl)c2ccccc12. The topological polar surface area (TPSA) is 42.0 Å². The molecule has 1 heterocycles.